The van der Waals surface area contributed by atoms with Gasteiger partial charge in [-0.1, -0.05) is 25.1 Å². The molecule has 0 amide bonds. The minimum absolute atomic E-state index is 0.526. The first kappa shape index (κ1) is 13.4. The van der Waals surface area contributed by atoms with Gasteiger partial charge in [0.1, 0.15) is 12.4 Å². The predicted molar refractivity (Wildman–Crippen MR) is 74.8 cm³/mol. The lowest BCUT2D eigenvalue weighted by Crippen LogP contribution is -2.49. The van der Waals surface area contributed by atoms with Gasteiger partial charge in [-0.05, 0) is 37.4 Å². The SMILES string of the molecule is CC1CCCN(CCOc2ccccc2)C1CN. The summed E-state index contributed by atoms with van der Waals surface area (Å²) >= 11 is 0. The van der Waals surface area contributed by atoms with Gasteiger partial charge in [0.05, 0.1) is 0 Å². The molecule has 2 unspecified atom stereocenters. The highest BCUT2D eigenvalue weighted by Gasteiger charge is 2.26. The van der Waals surface area contributed by atoms with Crippen LogP contribution in [0, 0.1) is 5.92 Å². The zero-order valence-electron chi connectivity index (χ0n) is 11.2. The summed E-state index contributed by atoms with van der Waals surface area (Å²) in [5.74, 6) is 1.66. The predicted octanol–water partition coefficient (Wildman–Crippen LogP) is 2.12. The Bertz CT molecular complexity index is 342. The standard InChI is InChI=1S/C15H24N2O/c1-13-6-5-9-17(15(13)12-16)10-11-18-14-7-3-2-4-8-14/h2-4,7-8,13,15H,5-6,9-12,16H2,1H3. The molecule has 0 aliphatic carbocycles. The third-order valence-corrected chi connectivity index (χ3v) is 3.86. The molecule has 2 N–H and O–H groups in total. The molecule has 0 radical (unpaired) electrons. The van der Waals surface area contributed by atoms with Crippen LogP contribution in [0.1, 0.15) is 19.8 Å². The smallest absolute Gasteiger partial charge is 0.119 e. The second kappa shape index (κ2) is 6.76. The van der Waals surface area contributed by atoms with Crippen LogP contribution in [0.5, 0.6) is 5.75 Å². The molecule has 0 spiro atoms. The Balaban J connectivity index is 1.78. The molecule has 3 nitrogen and oxygen atoms in total. The van der Waals surface area contributed by atoms with Crippen LogP contribution in [0.25, 0.3) is 0 Å². The van der Waals surface area contributed by atoms with Crippen molar-refractivity contribution in [1.29, 1.82) is 0 Å². The average molecular weight is 248 g/mol. The monoisotopic (exact) mass is 248 g/mol. The first-order chi connectivity index (χ1) is 8.81. The van der Waals surface area contributed by atoms with Crippen molar-refractivity contribution in [3.63, 3.8) is 0 Å². The number of ether oxygens (including phenoxy) is 1. The van der Waals surface area contributed by atoms with Crippen molar-refractivity contribution in [2.45, 2.75) is 25.8 Å². The zero-order valence-corrected chi connectivity index (χ0v) is 11.2. The van der Waals surface area contributed by atoms with Gasteiger partial charge in [0.25, 0.3) is 0 Å². The third-order valence-electron chi connectivity index (χ3n) is 3.86. The van der Waals surface area contributed by atoms with Gasteiger partial charge < -0.3 is 10.5 Å². The maximum atomic E-state index is 5.88. The number of benzene rings is 1. The van der Waals surface area contributed by atoms with Crippen molar-refractivity contribution in [1.82, 2.24) is 4.90 Å². The molecule has 2 rings (SSSR count). The van der Waals surface area contributed by atoms with Crippen LogP contribution >= 0.6 is 0 Å². The van der Waals surface area contributed by atoms with E-state index in [-0.39, 0.29) is 0 Å². The Morgan fingerprint density at radius 3 is 2.83 bits per heavy atom. The second-order valence-electron chi connectivity index (χ2n) is 5.12. The molecule has 100 valence electrons. The fourth-order valence-electron chi connectivity index (χ4n) is 2.79. The molecular formula is C15H24N2O. The van der Waals surface area contributed by atoms with E-state index in [1.54, 1.807) is 0 Å². The van der Waals surface area contributed by atoms with Gasteiger partial charge in [-0.25, -0.2) is 0 Å². The summed E-state index contributed by atoms with van der Waals surface area (Å²) in [6.45, 7) is 5.94. The number of piperidine rings is 1. The maximum absolute atomic E-state index is 5.88. The number of rotatable bonds is 5. The summed E-state index contributed by atoms with van der Waals surface area (Å²) in [7, 11) is 0. The van der Waals surface area contributed by atoms with E-state index in [1.807, 2.05) is 30.3 Å². The van der Waals surface area contributed by atoms with E-state index in [2.05, 4.69) is 11.8 Å². The van der Waals surface area contributed by atoms with E-state index >= 15 is 0 Å². The van der Waals surface area contributed by atoms with E-state index < -0.39 is 0 Å². The van der Waals surface area contributed by atoms with E-state index in [4.69, 9.17) is 10.5 Å². The molecular weight excluding hydrogens is 224 g/mol. The molecule has 3 heteroatoms. The van der Waals surface area contributed by atoms with Crippen LogP contribution in [0.2, 0.25) is 0 Å². The normalized spacial score (nSPS) is 25.0. The lowest BCUT2D eigenvalue weighted by Gasteiger charge is -2.39. The lowest BCUT2D eigenvalue weighted by atomic mass is 9.91. The average Bonchev–Trinajstić information content (AvgIpc) is 2.40. The molecule has 0 aromatic heterocycles. The highest BCUT2D eigenvalue weighted by Crippen LogP contribution is 2.22. The molecule has 1 aromatic rings. The molecule has 0 bridgehead atoms. The molecule has 18 heavy (non-hydrogen) atoms. The molecule has 1 aromatic carbocycles. The molecule has 1 aliphatic rings. The summed E-state index contributed by atoms with van der Waals surface area (Å²) in [4.78, 5) is 2.48. The fraction of sp³-hybridized carbons (Fsp3) is 0.600. The molecule has 1 fully saturated rings. The van der Waals surface area contributed by atoms with Crippen LogP contribution in [0.4, 0.5) is 0 Å². The highest BCUT2D eigenvalue weighted by molar-refractivity contribution is 5.20. The lowest BCUT2D eigenvalue weighted by molar-refractivity contribution is 0.0895. The Labute approximate surface area is 110 Å². The summed E-state index contributed by atoms with van der Waals surface area (Å²) in [6.07, 6.45) is 2.58. The van der Waals surface area contributed by atoms with Crippen molar-refractivity contribution in [2.75, 3.05) is 26.2 Å². The molecule has 0 saturated carbocycles. The van der Waals surface area contributed by atoms with Gasteiger partial charge in [0.2, 0.25) is 0 Å². The summed E-state index contributed by atoms with van der Waals surface area (Å²) < 4.78 is 5.75. The third kappa shape index (κ3) is 3.47. The highest BCUT2D eigenvalue weighted by atomic mass is 16.5. The van der Waals surface area contributed by atoms with Gasteiger partial charge >= 0.3 is 0 Å². The second-order valence-corrected chi connectivity index (χ2v) is 5.12. The minimum Gasteiger partial charge on any atom is -0.492 e. The van der Waals surface area contributed by atoms with Crippen LogP contribution in [0.3, 0.4) is 0 Å². The number of nitrogens with zero attached hydrogens (tertiary/aromatic N) is 1. The molecule has 2 atom stereocenters. The minimum atomic E-state index is 0.526. The van der Waals surface area contributed by atoms with Crippen LogP contribution in [-0.2, 0) is 0 Å². The van der Waals surface area contributed by atoms with Crippen LogP contribution < -0.4 is 10.5 Å². The fourth-order valence-corrected chi connectivity index (χ4v) is 2.79. The topological polar surface area (TPSA) is 38.5 Å². The Hall–Kier alpha value is -1.06. The molecule has 1 heterocycles. The van der Waals surface area contributed by atoms with Crippen LogP contribution in [0.15, 0.2) is 30.3 Å². The maximum Gasteiger partial charge on any atom is 0.119 e. The first-order valence-corrected chi connectivity index (χ1v) is 6.93. The zero-order chi connectivity index (χ0) is 12.8. The van der Waals surface area contributed by atoms with Gasteiger partial charge in [0, 0.05) is 19.1 Å². The van der Waals surface area contributed by atoms with Gasteiger partial charge in [-0.15, -0.1) is 0 Å². The van der Waals surface area contributed by atoms with Crippen molar-refractivity contribution < 1.29 is 4.74 Å². The van der Waals surface area contributed by atoms with Crippen molar-refractivity contribution in [3.8, 4) is 5.75 Å². The number of nitrogens with two attached hydrogens (primary N) is 1. The number of para-hydroxylation sites is 1. The number of likely N-dealkylation sites (tertiary alicyclic amines) is 1. The molecule has 1 aliphatic heterocycles. The summed E-state index contributed by atoms with van der Waals surface area (Å²) in [5, 5.41) is 0. The molecule has 1 saturated heterocycles. The Morgan fingerprint density at radius 2 is 2.11 bits per heavy atom. The van der Waals surface area contributed by atoms with Crippen molar-refractivity contribution >= 4 is 0 Å². The van der Waals surface area contributed by atoms with Crippen LogP contribution in [-0.4, -0.2) is 37.2 Å². The van der Waals surface area contributed by atoms with Gasteiger partial charge in [0.15, 0.2) is 0 Å². The first-order valence-electron chi connectivity index (χ1n) is 6.93. The Morgan fingerprint density at radius 1 is 1.33 bits per heavy atom. The van der Waals surface area contributed by atoms with Gasteiger partial charge in [-0.3, -0.25) is 4.90 Å². The Kier molecular flexibility index (Phi) is 5.02. The van der Waals surface area contributed by atoms with E-state index in [0.29, 0.717) is 12.0 Å². The number of hydrogen-bond donors (Lipinski definition) is 1. The van der Waals surface area contributed by atoms with E-state index in [9.17, 15) is 0 Å². The van der Waals surface area contributed by atoms with E-state index in [0.717, 1.165) is 32.0 Å². The largest absolute Gasteiger partial charge is 0.492 e. The van der Waals surface area contributed by atoms with Gasteiger partial charge in [-0.2, -0.15) is 0 Å². The summed E-state index contributed by atoms with van der Waals surface area (Å²) in [6, 6.07) is 10.5. The quantitative estimate of drug-likeness (QED) is 0.867. The van der Waals surface area contributed by atoms with Crippen molar-refractivity contribution in [2.24, 2.45) is 11.7 Å². The summed E-state index contributed by atoms with van der Waals surface area (Å²) in [5.41, 5.74) is 5.88. The van der Waals surface area contributed by atoms with E-state index in [1.165, 1.54) is 12.8 Å². The number of hydrogen-bond acceptors (Lipinski definition) is 3. The van der Waals surface area contributed by atoms with Crippen molar-refractivity contribution in [3.05, 3.63) is 30.3 Å².